The summed E-state index contributed by atoms with van der Waals surface area (Å²) in [5, 5.41) is 18.9. The molecule has 0 aromatic heterocycles. The first-order valence-corrected chi connectivity index (χ1v) is 6.87. The predicted molar refractivity (Wildman–Crippen MR) is 75.6 cm³/mol. The number of nitrogens with zero attached hydrogens (tertiary/aromatic N) is 2. The number of carbonyl (C=O) groups excluding carboxylic acids is 2. The topological polar surface area (TPSA) is 99.5 Å². The van der Waals surface area contributed by atoms with Crippen LogP contribution in [0.1, 0.15) is 25.3 Å². The van der Waals surface area contributed by atoms with Gasteiger partial charge in [-0.1, -0.05) is 24.9 Å². The average molecular weight is 333 g/mol. The highest BCUT2D eigenvalue weighted by Crippen LogP contribution is 2.37. The van der Waals surface area contributed by atoms with Crippen LogP contribution in [0.3, 0.4) is 0 Å². The number of carbonyl (C=O) groups is 2. The Bertz CT molecular complexity index is 514. The molecule has 1 aromatic rings. The Labute approximate surface area is 132 Å². The normalized spacial score (nSPS) is 10.0. The highest BCUT2D eigenvalue weighted by Gasteiger charge is 2.16. The minimum Gasteiger partial charge on any atom is -0.488 e. The lowest BCUT2D eigenvalue weighted by Gasteiger charge is -2.17. The Morgan fingerprint density at radius 2 is 2.00 bits per heavy atom. The van der Waals surface area contributed by atoms with E-state index in [1.165, 1.54) is 12.1 Å². The zero-order chi connectivity index (χ0) is 16.5. The molecule has 0 fully saturated rings. The first-order chi connectivity index (χ1) is 10.5. The van der Waals surface area contributed by atoms with Crippen molar-refractivity contribution in [3.63, 3.8) is 0 Å². The average Bonchev–Trinajstić information content (AvgIpc) is 2.49. The number of hydrogen-bond donors (Lipinski definition) is 2. The van der Waals surface area contributed by atoms with Gasteiger partial charge in [0.1, 0.15) is 0 Å². The Balaban J connectivity index is 3.06. The third-order valence-corrected chi connectivity index (χ3v) is 2.84. The summed E-state index contributed by atoms with van der Waals surface area (Å²) in [6, 6.07) is 2.86. The van der Waals surface area contributed by atoms with Gasteiger partial charge in [-0.2, -0.15) is 0 Å². The first kappa shape index (κ1) is 18.0. The SMILES string of the molecule is CCCCOc1c(Cl)cc(CN(O)C=O)cc1ON(O)C=O. The van der Waals surface area contributed by atoms with Crippen molar-refractivity contribution in [3.05, 3.63) is 22.7 Å². The van der Waals surface area contributed by atoms with E-state index in [-0.39, 0.29) is 41.1 Å². The third-order valence-electron chi connectivity index (χ3n) is 2.56. The second-order valence-corrected chi connectivity index (χ2v) is 4.72. The summed E-state index contributed by atoms with van der Waals surface area (Å²) in [7, 11) is 0. The van der Waals surface area contributed by atoms with Gasteiger partial charge in [0.2, 0.25) is 12.2 Å². The molecule has 0 radical (unpaired) electrons. The van der Waals surface area contributed by atoms with Crippen molar-refractivity contribution in [2.45, 2.75) is 26.3 Å². The van der Waals surface area contributed by atoms with Gasteiger partial charge in [0.05, 0.1) is 18.2 Å². The van der Waals surface area contributed by atoms with Gasteiger partial charge in [0.25, 0.3) is 6.41 Å². The standard InChI is InChI=1S/C13H17ClN2O6/c1-2-3-4-21-13-11(14)5-10(7-15(19)8-17)6-12(13)22-16(20)9-18/h5-6,8-9,19-20H,2-4,7H2,1H3. The molecule has 2 amide bonds. The minimum absolute atomic E-state index is 0.0208. The molecule has 0 saturated carbocycles. The fourth-order valence-corrected chi connectivity index (χ4v) is 1.87. The molecule has 2 N–H and O–H groups in total. The lowest BCUT2D eigenvalue weighted by molar-refractivity contribution is -0.253. The van der Waals surface area contributed by atoms with E-state index in [0.29, 0.717) is 17.2 Å². The van der Waals surface area contributed by atoms with E-state index in [1.54, 1.807) is 0 Å². The second kappa shape index (κ2) is 9.08. The van der Waals surface area contributed by atoms with Crippen molar-refractivity contribution in [2.75, 3.05) is 6.61 Å². The summed E-state index contributed by atoms with van der Waals surface area (Å²) in [6.45, 7) is 2.21. The molecule has 9 heteroatoms. The van der Waals surface area contributed by atoms with Crippen LogP contribution in [-0.4, -0.2) is 40.1 Å². The quantitative estimate of drug-likeness (QED) is 0.294. The molecule has 1 rings (SSSR count). The van der Waals surface area contributed by atoms with Crippen LogP contribution in [0, 0.1) is 0 Å². The van der Waals surface area contributed by atoms with E-state index in [2.05, 4.69) is 0 Å². The Kier molecular flexibility index (Phi) is 7.44. The predicted octanol–water partition coefficient (Wildman–Crippen LogP) is 2.01. The van der Waals surface area contributed by atoms with Gasteiger partial charge in [-0.05, 0) is 29.3 Å². The van der Waals surface area contributed by atoms with Crippen LogP contribution >= 0.6 is 11.6 Å². The molecule has 8 nitrogen and oxygen atoms in total. The van der Waals surface area contributed by atoms with Gasteiger partial charge in [-0.15, -0.1) is 0 Å². The molecule has 0 aliphatic rings. The number of rotatable bonds is 10. The zero-order valence-corrected chi connectivity index (χ0v) is 12.7. The summed E-state index contributed by atoms with van der Waals surface area (Å²) in [5.74, 6) is 0.128. The molecular weight excluding hydrogens is 316 g/mol. The van der Waals surface area contributed by atoms with Gasteiger partial charge >= 0.3 is 0 Å². The smallest absolute Gasteiger partial charge is 0.272 e. The van der Waals surface area contributed by atoms with Crippen molar-refractivity contribution < 1.29 is 29.6 Å². The summed E-state index contributed by atoms with van der Waals surface area (Å²) >= 11 is 6.08. The van der Waals surface area contributed by atoms with Crippen LogP contribution in [0.5, 0.6) is 11.5 Å². The highest BCUT2D eigenvalue weighted by atomic mass is 35.5. The maximum absolute atomic E-state index is 10.5. The van der Waals surface area contributed by atoms with Crippen LogP contribution in [0.2, 0.25) is 5.02 Å². The fourth-order valence-electron chi connectivity index (χ4n) is 1.59. The van der Waals surface area contributed by atoms with Crippen molar-refractivity contribution in [2.24, 2.45) is 0 Å². The van der Waals surface area contributed by atoms with Crippen LogP contribution in [0.15, 0.2) is 12.1 Å². The van der Waals surface area contributed by atoms with E-state index in [9.17, 15) is 14.8 Å². The molecule has 0 spiro atoms. The Morgan fingerprint density at radius 1 is 1.27 bits per heavy atom. The number of hydrogen-bond acceptors (Lipinski definition) is 6. The maximum Gasteiger partial charge on any atom is 0.272 e. The third kappa shape index (κ3) is 5.40. The van der Waals surface area contributed by atoms with Crippen molar-refractivity contribution in [3.8, 4) is 11.5 Å². The van der Waals surface area contributed by atoms with Crippen molar-refractivity contribution in [1.82, 2.24) is 10.3 Å². The van der Waals surface area contributed by atoms with E-state index in [4.69, 9.17) is 26.4 Å². The van der Waals surface area contributed by atoms with Gasteiger partial charge in [0, 0.05) is 0 Å². The summed E-state index contributed by atoms with van der Waals surface area (Å²) < 4.78 is 5.48. The van der Waals surface area contributed by atoms with Crippen molar-refractivity contribution in [1.29, 1.82) is 0 Å². The molecule has 0 heterocycles. The van der Waals surface area contributed by atoms with E-state index in [1.807, 2.05) is 6.92 Å². The molecule has 0 aliphatic heterocycles. The molecule has 0 bridgehead atoms. The number of halogens is 1. The number of unbranched alkanes of at least 4 members (excludes halogenated alkanes) is 1. The van der Waals surface area contributed by atoms with E-state index in [0.717, 1.165) is 12.8 Å². The summed E-state index contributed by atoms with van der Waals surface area (Å²) in [6.07, 6.45) is 1.96. The van der Waals surface area contributed by atoms with Crippen LogP contribution in [0.25, 0.3) is 0 Å². The molecule has 0 unspecified atom stereocenters. The van der Waals surface area contributed by atoms with Crippen molar-refractivity contribution >= 4 is 24.4 Å². The summed E-state index contributed by atoms with van der Waals surface area (Å²) in [5.41, 5.74) is 0.414. The molecule has 1 aromatic carbocycles. The lowest BCUT2D eigenvalue weighted by Crippen LogP contribution is -2.22. The van der Waals surface area contributed by atoms with Crippen LogP contribution in [-0.2, 0) is 16.1 Å². The van der Waals surface area contributed by atoms with Crippen LogP contribution < -0.4 is 9.57 Å². The largest absolute Gasteiger partial charge is 0.488 e. The maximum atomic E-state index is 10.5. The number of benzene rings is 1. The highest BCUT2D eigenvalue weighted by molar-refractivity contribution is 6.32. The molecule has 22 heavy (non-hydrogen) atoms. The molecular formula is C13H17ClN2O6. The second-order valence-electron chi connectivity index (χ2n) is 4.31. The summed E-state index contributed by atoms with van der Waals surface area (Å²) in [4.78, 5) is 25.8. The molecule has 0 aliphatic carbocycles. The fraction of sp³-hybridized carbons (Fsp3) is 0.385. The van der Waals surface area contributed by atoms with Gasteiger partial charge in [-0.3, -0.25) is 20.0 Å². The molecule has 0 atom stereocenters. The monoisotopic (exact) mass is 332 g/mol. The zero-order valence-electron chi connectivity index (χ0n) is 11.9. The minimum atomic E-state index is -0.151. The van der Waals surface area contributed by atoms with E-state index < -0.39 is 0 Å². The Hall–Kier alpha value is -2.03. The van der Waals surface area contributed by atoms with Crippen LogP contribution in [0.4, 0.5) is 0 Å². The number of ether oxygens (including phenoxy) is 1. The molecule has 0 saturated heterocycles. The molecule has 122 valence electrons. The number of amides is 2. The van der Waals surface area contributed by atoms with Gasteiger partial charge in [0.15, 0.2) is 5.75 Å². The first-order valence-electron chi connectivity index (χ1n) is 6.49. The number of hydroxylamine groups is 4. The van der Waals surface area contributed by atoms with Gasteiger partial charge < -0.3 is 9.57 Å². The lowest BCUT2D eigenvalue weighted by atomic mass is 10.2. The Morgan fingerprint density at radius 3 is 2.59 bits per heavy atom. The van der Waals surface area contributed by atoms with Gasteiger partial charge in [-0.25, -0.2) is 5.06 Å². The van der Waals surface area contributed by atoms with E-state index >= 15 is 0 Å².